The predicted octanol–water partition coefficient (Wildman–Crippen LogP) is 0.745. The lowest BCUT2D eigenvalue weighted by Gasteiger charge is -2.37. The van der Waals surface area contributed by atoms with E-state index in [2.05, 4.69) is 0 Å². The molecule has 1 aliphatic heterocycles. The molecule has 2 N–H and O–H groups in total. The first-order valence-electron chi connectivity index (χ1n) is 4.87. The molecule has 0 unspecified atom stereocenters. The van der Waals surface area contributed by atoms with Gasteiger partial charge in [-0.2, -0.15) is 0 Å². The Morgan fingerprint density at radius 1 is 1.56 bits per heavy atom. The summed E-state index contributed by atoms with van der Waals surface area (Å²) in [7, 11) is 0. The van der Waals surface area contributed by atoms with Crippen molar-refractivity contribution in [2.24, 2.45) is 5.73 Å². The highest BCUT2D eigenvalue weighted by Crippen LogP contribution is 2.19. The number of aldehydes is 1. The molecule has 0 radical (unpaired) electrons. The first-order chi connectivity index (χ1) is 7.63. The third-order valence-electron chi connectivity index (χ3n) is 2.40. The average molecular weight is 225 g/mol. The van der Waals surface area contributed by atoms with Gasteiger partial charge >= 0.3 is 0 Å². The van der Waals surface area contributed by atoms with Crippen LogP contribution < -0.4 is 10.5 Å². The van der Waals surface area contributed by atoms with Crippen LogP contribution >= 0.6 is 0 Å². The molecule has 0 spiro atoms. The van der Waals surface area contributed by atoms with Crippen molar-refractivity contribution in [2.45, 2.75) is 5.54 Å². The molecule has 0 aliphatic carbocycles. The van der Waals surface area contributed by atoms with Crippen LogP contribution in [0.2, 0.25) is 0 Å². The van der Waals surface area contributed by atoms with Gasteiger partial charge in [-0.25, -0.2) is 4.39 Å². The molecular formula is C11H12FNO3. The second-order valence-electron chi connectivity index (χ2n) is 3.95. The quantitative estimate of drug-likeness (QED) is 0.768. The minimum atomic E-state index is -0.594. The normalized spacial score (nSPS) is 17.6. The summed E-state index contributed by atoms with van der Waals surface area (Å²) in [6, 6.07) is 4.08. The van der Waals surface area contributed by atoms with E-state index in [1.807, 2.05) is 0 Å². The molecule has 86 valence electrons. The lowest BCUT2D eigenvalue weighted by molar-refractivity contribution is -0.0722. The summed E-state index contributed by atoms with van der Waals surface area (Å²) in [6.45, 7) is 1.16. The summed E-state index contributed by atoms with van der Waals surface area (Å²) >= 11 is 0. The Bertz CT molecular complexity index is 404. The third-order valence-corrected chi connectivity index (χ3v) is 2.40. The monoisotopic (exact) mass is 225 g/mol. The summed E-state index contributed by atoms with van der Waals surface area (Å²) < 4.78 is 23.5. The molecular weight excluding hydrogens is 213 g/mol. The minimum absolute atomic E-state index is 0.0155. The number of rotatable bonds is 4. The van der Waals surface area contributed by atoms with Crippen LogP contribution in [0.3, 0.4) is 0 Å². The van der Waals surface area contributed by atoms with Crippen LogP contribution in [0.1, 0.15) is 10.4 Å². The van der Waals surface area contributed by atoms with Gasteiger partial charge in [0.15, 0.2) is 6.29 Å². The fraction of sp³-hybridized carbons (Fsp3) is 0.364. The SMILES string of the molecule is NC1(COc2ccc(C=O)c(F)c2)COC1. The minimum Gasteiger partial charge on any atom is -0.491 e. The van der Waals surface area contributed by atoms with Crippen molar-refractivity contribution in [1.82, 2.24) is 0 Å². The Labute approximate surface area is 92.1 Å². The Kier molecular flexibility index (Phi) is 2.89. The lowest BCUT2D eigenvalue weighted by atomic mass is 10.0. The molecule has 1 saturated heterocycles. The van der Waals surface area contributed by atoms with Gasteiger partial charge in [-0.15, -0.1) is 0 Å². The van der Waals surface area contributed by atoms with Crippen LogP contribution in [0.4, 0.5) is 4.39 Å². The van der Waals surface area contributed by atoms with Crippen molar-refractivity contribution in [3.05, 3.63) is 29.6 Å². The summed E-state index contributed by atoms with van der Waals surface area (Å²) in [5.74, 6) is -0.233. The lowest BCUT2D eigenvalue weighted by Crippen LogP contribution is -2.61. The first kappa shape index (κ1) is 11.0. The molecule has 16 heavy (non-hydrogen) atoms. The molecule has 0 saturated carbocycles. The number of hydrogen-bond acceptors (Lipinski definition) is 4. The van der Waals surface area contributed by atoms with Crippen molar-refractivity contribution in [3.63, 3.8) is 0 Å². The highest BCUT2D eigenvalue weighted by Gasteiger charge is 2.35. The summed E-state index contributed by atoms with van der Waals surface area (Å²) in [5, 5.41) is 0. The van der Waals surface area contributed by atoms with E-state index in [1.54, 1.807) is 0 Å². The Hall–Kier alpha value is -1.46. The van der Waals surface area contributed by atoms with E-state index in [0.29, 0.717) is 25.2 Å². The molecule has 1 aromatic carbocycles. The number of hydrogen-bond donors (Lipinski definition) is 1. The maximum atomic E-state index is 13.2. The molecule has 1 aliphatic rings. The van der Waals surface area contributed by atoms with Crippen LogP contribution in [0, 0.1) is 5.82 Å². The van der Waals surface area contributed by atoms with E-state index in [9.17, 15) is 9.18 Å². The summed E-state index contributed by atoms with van der Waals surface area (Å²) in [5.41, 5.74) is 5.39. The molecule has 0 amide bonds. The van der Waals surface area contributed by atoms with Crippen LogP contribution in [0.5, 0.6) is 5.75 Å². The molecule has 0 atom stereocenters. The van der Waals surface area contributed by atoms with E-state index < -0.39 is 11.4 Å². The zero-order chi connectivity index (χ0) is 11.6. The van der Waals surface area contributed by atoms with Gasteiger partial charge in [-0.3, -0.25) is 4.79 Å². The van der Waals surface area contributed by atoms with E-state index in [1.165, 1.54) is 18.2 Å². The van der Waals surface area contributed by atoms with Crippen molar-refractivity contribution in [3.8, 4) is 5.75 Å². The summed E-state index contributed by atoms with van der Waals surface area (Å²) in [4.78, 5) is 10.4. The Morgan fingerprint density at radius 2 is 2.31 bits per heavy atom. The number of nitrogens with two attached hydrogens (primary N) is 1. The average Bonchev–Trinajstić information content (AvgIpc) is 2.24. The number of carbonyl (C=O) groups excluding carboxylic acids is 1. The number of ether oxygens (including phenoxy) is 2. The van der Waals surface area contributed by atoms with Crippen molar-refractivity contribution < 1.29 is 18.7 Å². The standard InChI is InChI=1S/C11H12FNO3/c12-10-3-9(2-1-8(10)4-14)16-7-11(13)5-15-6-11/h1-4H,5-7,13H2. The van der Waals surface area contributed by atoms with E-state index >= 15 is 0 Å². The zero-order valence-corrected chi connectivity index (χ0v) is 8.61. The van der Waals surface area contributed by atoms with Crippen LogP contribution in [0.15, 0.2) is 18.2 Å². The van der Waals surface area contributed by atoms with E-state index in [0.717, 1.165) is 0 Å². The summed E-state index contributed by atoms with van der Waals surface area (Å²) in [6.07, 6.45) is 0.462. The number of carbonyl (C=O) groups is 1. The van der Waals surface area contributed by atoms with Gasteiger partial charge in [0, 0.05) is 6.07 Å². The molecule has 1 fully saturated rings. The van der Waals surface area contributed by atoms with Gasteiger partial charge < -0.3 is 15.2 Å². The van der Waals surface area contributed by atoms with Crippen molar-refractivity contribution in [1.29, 1.82) is 0 Å². The molecule has 0 bridgehead atoms. The number of benzene rings is 1. The maximum Gasteiger partial charge on any atom is 0.152 e. The van der Waals surface area contributed by atoms with Gasteiger partial charge in [0.25, 0.3) is 0 Å². The third kappa shape index (κ3) is 2.20. The highest BCUT2D eigenvalue weighted by atomic mass is 19.1. The van der Waals surface area contributed by atoms with E-state index in [-0.39, 0.29) is 12.2 Å². The van der Waals surface area contributed by atoms with Crippen LogP contribution in [0.25, 0.3) is 0 Å². The second-order valence-corrected chi connectivity index (χ2v) is 3.95. The zero-order valence-electron chi connectivity index (χ0n) is 8.61. The first-order valence-corrected chi connectivity index (χ1v) is 4.87. The molecule has 5 heteroatoms. The molecule has 0 aromatic heterocycles. The molecule has 1 aromatic rings. The Morgan fingerprint density at radius 3 is 2.81 bits per heavy atom. The van der Waals surface area contributed by atoms with E-state index in [4.69, 9.17) is 15.2 Å². The van der Waals surface area contributed by atoms with Gasteiger partial charge in [0.1, 0.15) is 18.2 Å². The fourth-order valence-corrected chi connectivity index (χ4v) is 1.37. The fourth-order valence-electron chi connectivity index (χ4n) is 1.37. The van der Waals surface area contributed by atoms with Gasteiger partial charge in [0.2, 0.25) is 0 Å². The molecule has 2 rings (SSSR count). The topological polar surface area (TPSA) is 61.5 Å². The molecule has 4 nitrogen and oxygen atoms in total. The van der Waals surface area contributed by atoms with Gasteiger partial charge in [-0.1, -0.05) is 0 Å². The van der Waals surface area contributed by atoms with Crippen molar-refractivity contribution in [2.75, 3.05) is 19.8 Å². The number of halogens is 1. The predicted molar refractivity (Wildman–Crippen MR) is 55.0 cm³/mol. The van der Waals surface area contributed by atoms with Crippen LogP contribution in [-0.4, -0.2) is 31.6 Å². The van der Waals surface area contributed by atoms with Gasteiger partial charge in [0.05, 0.1) is 24.3 Å². The van der Waals surface area contributed by atoms with Crippen molar-refractivity contribution >= 4 is 6.29 Å². The smallest absolute Gasteiger partial charge is 0.152 e. The highest BCUT2D eigenvalue weighted by molar-refractivity contribution is 5.75. The maximum absolute atomic E-state index is 13.2. The second kappa shape index (κ2) is 4.19. The van der Waals surface area contributed by atoms with Crippen LogP contribution in [-0.2, 0) is 4.74 Å². The Balaban J connectivity index is 1.99. The van der Waals surface area contributed by atoms with Gasteiger partial charge in [-0.05, 0) is 12.1 Å². The largest absolute Gasteiger partial charge is 0.491 e. The molecule has 1 heterocycles.